The first-order valence-electron chi connectivity index (χ1n) is 6.75. The summed E-state index contributed by atoms with van der Waals surface area (Å²) < 4.78 is 9.76. The zero-order valence-corrected chi connectivity index (χ0v) is 13.0. The van der Waals surface area contributed by atoms with Gasteiger partial charge in [-0.05, 0) is 6.42 Å². The van der Waals surface area contributed by atoms with Crippen LogP contribution in [-0.4, -0.2) is 71.0 Å². The lowest BCUT2D eigenvalue weighted by Crippen LogP contribution is -2.64. The monoisotopic (exact) mass is 342 g/mol. The van der Waals surface area contributed by atoms with Gasteiger partial charge in [0, 0.05) is 6.42 Å². The molecule has 1 heterocycles. The molecule has 0 aromatic rings. The maximum atomic E-state index is 11.5. The SMILES string of the molecule is CCCC(=O)N[C@H]1C(O)O[C@H](COC(=O)CN)[C@@H](O)[C@@H]1O.Cl. The zero-order chi connectivity index (χ0) is 16.0. The highest BCUT2D eigenvalue weighted by Gasteiger charge is 2.44. The quantitative estimate of drug-likeness (QED) is 0.336. The summed E-state index contributed by atoms with van der Waals surface area (Å²) in [6, 6.07) is -1.15. The predicted octanol–water partition coefficient (Wildman–Crippen LogP) is -2.37. The fourth-order valence-corrected chi connectivity index (χ4v) is 1.96. The Bertz CT molecular complexity index is 371. The number of carbonyl (C=O) groups is 2. The molecule has 0 aliphatic carbocycles. The van der Waals surface area contributed by atoms with Crippen LogP contribution in [0.25, 0.3) is 0 Å². The van der Waals surface area contributed by atoms with Crippen LogP contribution in [0.1, 0.15) is 19.8 Å². The van der Waals surface area contributed by atoms with E-state index in [9.17, 15) is 24.9 Å². The number of aliphatic hydroxyl groups is 3. The fraction of sp³-hybridized carbons (Fsp3) is 0.833. The number of nitrogens with one attached hydrogen (secondary N) is 1. The summed E-state index contributed by atoms with van der Waals surface area (Å²) in [4.78, 5) is 22.4. The van der Waals surface area contributed by atoms with Gasteiger partial charge in [0.2, 0.25) is 5.91 Å². The number of rotatable bonds is 6. The molecule has 22 heavy (non-hydrogen) atoms. The highest BCUT2D eigenvalue weighted by Crippen LogP contribution is 2.20. The maximum Gasteiger partial charge on any atom is 0.319 e. The second kappa shape index (κ2) is 9.93. The van der Waals surface area contributed by atoms with Crippen molar-refractivity contribution in [3.8, 4) is 0 Å². The Morgan fingerprint density at radius 3 is 2.45 bits per heavy atom. The van der Waals surface area contributed by atoms with Crippen molar-refractivity contribution in [1.29, 1.82) is 0 Å². The van der Waals surface area contributed by atoms with Crippen molar-refractivity contribution < 1.29 is 34.4 Å². The molecule has 1 fully saturated rings. The highest BCUT2D eigenvalue weighted by molar-refractivity contribution is 5.85. The van der Waals surface area contributed by atoms with Crippen LogP contribution in [0.4, 0.5) is 0 Å². The van der Waals surface area contributed by atoms with Crippen molar-refractivity contribution in [3.63, 3.8) is 0 Å². The number of aliphatic hydroxyl groups excluding tert-OH is 3. The van der Waals surface area contributed by atoms with Crippen LogP contribution in [0.5, 0.6) is 0 Å². The molecule has 0 aromatic carbocycles. The zero-order valence-electron chi connectivity index (χ0n) is 12.2. The summed E-state index contributed by atoms with van der Waals surface area (Å²) in [5.41, 5.74) is 5.06. The van der Waals surface area contributed by atoms with Crippen LogP contribution < -0.4 is 11.1 Å². The summed E-state index contributed by atoms with van der Waals surface area (Å²) in [6.45, 7) is 1.12. The number of carbonyl (C=O) groups excluding carboxylic acids is 2. The number of nitrogens with two attached hydrogens (primary N) is 1. The topological polar surface area (TPSA) is 151 Å². The van der Waals surface area contributed by atoms with E-state index in [4.69, 9.17) is 15.2 Å². The third-order valence-corrected chi connectivity index (χ3v) is 3.10. The number of esters is 1. The van der Waals surface area contributed by atoms with Crippen LogP contribution in [0.2, 0.25) is 0 Å². The van der Waals surface area contributed by atoms with Crippen molar-refractivity contribution in [1.82, 2.24) is 5.32 Å². The third-order valence-electron chi connectivity index (χ3n) is 3.10. The molecule has 0 bridgehead atoms. The minimum atomic E-state index is -1.52. The van der Waals surface area contributed by atoms with Crippen LogP contribution in [-0.2, 0) is 19.1 Å². The van der Waals surface area contributed by atoms with Gasteiger partial charge >= 0.3 is 5.97 Å². The van der Waals surface area contributed by atoms with E-state index < -0.39 is 36.6 Å². The third kappa shape index (κ3) is 5.67. The van der Waals surface area contributed by atoms with Gasteiger partial charge in [0.25, 0.3) is 0 Å². The predicted molar refractivity (Wildman–Crippen MR) is 77.0 cm³/mol. The van der Waals surface area contributed by atoms with Gasteiger partial charge in [0.05, 0.1) is 6.54 Å². The largest absolute Gasteiger partial charge is 0.462 e. The molecule has 0 radical (unpaired) electrons. The van der Waals surface area contributed by atoms with Crippen molar-refractivity contribution in [2.24, 2.45) is 5.73 Å². The highest BCUT2D eigenvalue weighted by atomic mass is 35.5. The molecule has 1 aliphatic rings. The van der Waals surface area contributed by atoms with E-state index in [2.05, 4.69) is 5.32 Å². The van der Waals surface area contributed by atoms with E-state index in [0.717, 1.165) is 0 Å². The molecule has 130 valence electrons. The molecule has 0 saturated carbocycles. The Labute approximate surface area is 134 Å². The fourth-order valence-electron chi connectivity index (χ4n) is 1.96. The first-order chi connectivity index (χ1) is 9.90. The molecule has 10 heteroatoms. The summed E-state index contributed by atoms with van der Waals surface area (Å²) in [5.74, 6) is -1.07. The van der Waals surface area contributed by atoms with Gasteiger partial charge < -0.3 is 35.8 Å². The van der Waals surface area contributed by atoms with Crippen molar-refractivity contribution >= 4 is 24.3 Å². The van der Waals surface area contributed by atoms with Gasteiger partial charge in [-0.2, -0.15) is 0 Å². The van der Waals surface area contributed by atoms with E-state index in [1.165, 1.54) is 0 Å². The number of halogens is 1. The van der Waals surface area contributed by atoms with Gasteiger partial charge in [-0.15, -0.1) is 12.4 Å². The lowest BCUT2D eigenvalue weighted by atomic mass is 9.97. The first-order valence-corrected chi connectivity index (χ1v) is 6.75. The molecule has 5 atom stereocenters. The molecule has 0 aromatic heterocycles. The van der Waals surface area contributed by atoms with Gasteiger partial charge in [-0.3, -0.25) is 9.59 Å². The summed E-state index contributed by atoms with van der Waals surface area (Å²) in [7, 11) is 0. The van der Waals surface area contributed by atoms with E-state index in [-0.39, 0.29) is 37.9 Å². The molecule has 1 amide bonds. The minimum absolute atomic E-state index is 0. The minimum Gasteiger partial charge on any atom is -0.462 e. The average Bonchev–Trinajstić information content (AvgIpc) is 2.45. The molecular weight excluding hydrogens is 320 g/mol. The van der Waals surface area contributed by atoms with Crippen LogP contribution in [0.3, 0.4) is 0 Å². The molecule has 1 saturated heterocycles. The summed E-state index contributed by atoms with van der Waals surface area (Å²) in [5, 5.41) is 32.0. The Kier molecular flexibility index (Phi) is 9.49. The average molecular weight is 343 g/mol. The molecule has 9 nitrogen and oxygen atoms in total. The molecule has 0 spiro atoms. The normalized spacial score (nSPS) is 31.0. The Hall–Kier alpha value is -0.970. The lowest BCUT2D eigenvalue weighted by Gasteiger charge is -2.40. The van der Waals surface area contributed by atoms with Gasteiger partial charge in [0.15, 0.2) is 6.29 Å². The van der Waals surface area contributed by atoms with Crippen LogP contribution in [0, 0.1) is 0 Å². The van der Waals surface area contributed by atoms with Crippen molar-refractivity contribution in [2.75, 3.05) is 13.2 Å². The van der Waals surface area contributed by atoms with Crippen LogP contribution in [0.15, 0.2) is 0 Å². The number of hydrogen-bond acceptors (Lipinski definition) is 8. The van der Waals surface area contributed by atoms with Gasteiger partial charge in [-0.1, -0.05) is 6.92 Å². The smallest absolute Gasteiger partial charge is 0.319 e. The Morgan fingerprint density at radius 1 is 1.27 bits per heavy atom. The maximum absolute atomic E-state index is 11.5. The Balaban J connectivity index is 0.00000441. The first kappa shape index (κ1) is 21.0. The van der Waals surface area contributed by atoms with Crippen LogP contribution >= 0.6 is 12.4 Å². The van der Waals surface area contributed by atoms with E-state index in [0.29, 0.717) is 6.42 Å². The van der Waals surface area contributed by atoms with Crippen molar-refractivity contribution in [2.45, 2.75) is 50.4 Å². The van der Waals surface area contributed by atoms with Crippen molar-refractivity contribution in [3.05, 3.63) is 0 Å². The molecule has 1 unspecified atom stereocenters. The summed E-state index contributed by atoms with van der Waals surface area (Å²) in [6.07, 6.45) is -4.67. The number of amides is 1. The van der Waals surface area contributed by atoms with Gasteiger partial charge in [-0.25, -0.2) is 0 Å². The lowest BCUT2D eigenvalue weighted by molar-refractivity contribution is -0.255. The second-order valence-electron chi connectivity index (χ2n) is 4.78. The molecule has 1 rings (SSSR count). The number of hydrogen-bond donors (Lipinski definition) is 5. The molecular formula is C12H23ClN2O7. The van der Waals surface area contributed by atoms with E-state index in [1.807, 2.05) is 0 Å². The second-order valence-corrected chi connectivity index (χ2v) is 4.78. The number of ether oxygens (including phenoxy) is 2. The summed E-state index contributed by atoms with van der Waals surface area (Å²) >= 11 is 0. The van der Waals surface area contributed by atoms with E-state index in [1.54, 1.807) is 6.92 Å². The Morgan fingerprint density at radius 2 is 1.91 bits per heavy atom. The standard InChI is InChI=1S/C12H22N2O7.ClH/c1-2-3-7(15)14-9-11(18)10(17)6(21-12(9)19)5-20-8(16)4-13;/h6,9-12,17-19H,2-5,13H2,1H3,(H,14,15);1H/t6-,9-,10-,11-,12?;/m1./s1. The van der Waals surface area contributed by atoms with E-state index >= 15 is 0 Å². The molecule has 6 N–H and O–H groups in total. The van der Waals surface area contributed by atoms with Gasteiger partial charge in [0.1, 0.15) is 31.0 Å². The molecule has 1 aliphatic heterocycles.